The Balaban J connectivity index is 1.60. The number of ether oxygens (including phenoxy) is 2. The summed E-state index contributed by atoms with van der Waals surface area (Å²) >= 11 is 6.12. The van der Waals surface area contributed by atoms with E-state index >= 15 is 0 Å². The van der Waals surface area contributed by atoms with Gasteiger partial charge in [0.1, 0.15) is 24.7 Å². The Bertz CT molecular complexity index is 1030. The zero-order valence-electron chi connectivity index (χ0n) is 15.0. The SMILES string of the molecule is COc1cc(Cl)c(C)cc1NC(=O)Cn1ncc2c1-c1ccccc1OC2. The summed E-state index contributed by atoms with van der Waals surface area (Å²) in [5, 5.41) is 7.85. The van der Waals surface area contributed by atoms with E-state index in [4.69, 9.17) is 21.1 Å². The number of fused-ring (bicyclic) bond motifs is 3. The van der Waals surface area contributed by atoms with Gasteiger partial charge in [-0.05, 0) is 30.7 Å². The van der Waals surface area contributed by atoms with Crippen LogP contribution in [-0.2, 0) is 17.9 Å². The molecule has 2 aromatic carbocycles. The van der Waals surface area contributed by atoms with Gasteiger partial charge in [-0.25, -0.2) is 0 Å². The van der Waals surface area contributed by atoms with Gasteiger partial charge in [-0.1, -0.05) is 23.7 Å². The van der Waals surface area contributed by atoms with E-state index in [1.807, 2.05) is 31.2 Å². The second kappa shape index (κ2) is 6.96. The summed E-state index contributed by atoms with van der Waals surface area (Å²) in [7, 11) is 1.54. The van der Waals surface area contributed by atoms with Gasteiger partial charge in [0.25, 0.3) is 0 Å². The van der Waals surface area contributed by atoms with Crippen molar-refractivity contribution >= 4 is 23.2 Å². The summed E-state index contributed by atoms with van der Waals surface area (Å²) in [6.07, 6.45) is 1.74. The van der Waals surface area contributed by atoms with Crippen molar-refractivity contribution in [2.24, 2.45) is 0 Å². The van der Waals surface area contributed by atoms with Crippen LogP contribution < -0.4 is 14.8 Å². The minimum Gasteiger partial charge on any atom is -0.495 e. The highest BCUT2D eigenvalue weighted by Gasteiger charge is 2.23. The third kappa shape index (κ3) is 3.24. The molecule has 1 amide bonds. The molecule has 1 aliphatic heterocycles. The number of nitrogens with one attached hydrogen (secondary N) is 1. The topological polar surface area (TPSA) is 65.4 Å². The number of para-hydroxylation sites is 1. The molecule has 0 radical (unpaired) electrons. The predicted molar refractivity (Wildman–Crippen MR) is 103 cm³/mol. The van der Waals surface area contributed by atoms with Crippen LogP contribution in [0.15, 0.2) is 42.6 Å². The molecule has 0 aliphatic carbocycles. The fourth-order valence-electron chi connectivity index (χ4n) is 3.16. The van der Waals surface area contributed by atoms with Gasteiger partial charge in [0.2, 0.25) is 5.91 Å². The molecule has 1 aliphatic rings. The third-order valence-corrected chi connectivity index (χ3v) is 4.90. The second-order valence-electron chi connectivity index (χ2n) is 6.31. The molecular weight excluding hydrogens is 366 g/mol. The summed E-state index contributed by atoms with van der Waals surface area (Å²) < 4.78 is 12.7. The Morgan fingerprint density at radius 2 is 2.19 bits per heavy atom. The Hall–Kier alpha value is -2.99. The molecule has 1 aromatic heterocycles. The van der Waals surface area contributed by atoms with Crippen LogP contribution in [0, 0.1) is 6.92 Å². The number of amides is 1. The normalized spacial score (nSPS) is 12.0. The van der Waals surface area contributed by atoms with Gasteiger partial charge in [0.05, 0.1) is 24.7 Å². The van der Waals surface area contributed by atoms with Gasteiger partial charge in [0.15, 0.2) is 0 Å². The maximum atomic E-state index is 12.7. The average Bonchev–Trinajstić information content (AvgIpc) is 3.07. The molecule has 0 atom stereocenters. The summed E-state index contributed by atoms with van der Waals surface area (Å²) in [6.45, 7) is 2.39. The highest BCUT2D eigenvalue weighted by Crippen LogP contribution is 2.37. The minimum atomic E-state index is -0.204. The van der Waals surface area contributed by atoms with Crippen LogP contribution in [0.2, 0.25) is 5.02 Å². The molecule has 0 saturated heterocycles. The number of anilines is 1. The molecule has 7 heteroatoms. The standard InChI is InChI=1S/C20H18ClN3O3/c1-12-7-16(18(26-2)8-15(12)21)23-19(25)10-24-20-13(9-22-24)11-27-17-6-4-3-5-14(17)20/h3-9H,10-11H2,1-2H3,(H,23,25). The van der Waals surface area contributed by atoms with Gasteiger partial charge in [-0.15, -0.1) is 0 Å². The van der Waals surface area contributed by atoms with Crippen LogP contribution in [0.4, 0.5) is 5.69 Å². The van der Waals surface area contributed by atoms with Crippen LogP contribution >= 0.6 is 11.6 Å². The molecule has 0 unspecified atom stereocenters. The van der Waals surface area contributed by atoms with E-state index in [1.165, 1.54) is 7.11 Å². The lowest BCUT2D eigenvalue weighted by Gasteiger charge is -2.19. The molecule has 27 heavy (non-hydrogen) atoms. The summed E-state index contributed by atoms with van der Waals surface area (Å²) in [6, 6.07) is 11.2. The Labute approximate surface area is 161 Å². The maximum absolute atomic E-state index is 12.7. The van der Waals surface area contributed by atoms with E-state index < -0.39 is 0 Å². The van der Waals surface area contributed by atoms with Crippen molar-refractivity contribution in [2.75, 3.05) is 12.4 Å². The summed E-state index contributed by atoms with van der Waals surface area (Å²) in [5.74, 6) is 1.10. The van der Waals surface area contributed by atoms with Crippen LogP contribution in [-0.4, -0.2) is 22.8 Å². The summed E-state index contributed by atoms with van der Waals surface area (Å²) in [5.41, 5.74) is 4.24. The van der Waals surface area contributed by atoms with Crippen molar-refractivity contribution < 1.29 is 14.3 Å². The predicted octanol–water partition coefficient (Wildman–Crippen LogP) is 4.05. The molecule has 0 fully saturated rings. The third-order valence-electron chi connectivity index (χ3n) is 4.49. The lowest BCUT2D eigenvalue weighted by Crippen LogP contribution is -2.21. The largest absolute Gasteiger partial charge is 0.495 e. The average molecular weight is 384 g/mol. The number of halogens is 1. The lowest BCUT2D eigenvalue weighted by atomic mass is 10.0. The van der Waals surface area contributed by atoms with Gasteiger partial charge < -0.3 is 14.8 Å². The van der Waals surface area contributed by atoms with Crippen molar-refractivity contribution in [1.29, 1.82) is 0 Å². The first-order valence-corrected chi connectivity index (χ1v) is 8.85. The summed E-state index contributed by atoms with van der Waals surface area (Å²) in [4.78, 5) is 12.7. The van der Waals surface area contributed by atoms with Gasteiger partial charge in [0, 0.05) is 22.2 Å². The minimum absolute atomic E-state index is 0.0779. The number of methoxy groups -OCH3 is 1. The van der Waals surface area contributed by atoms with Crippen LogP contribution in [0.1, 0.15) is 11.1 Å². The fourth-order valence-corrected chi connectivity index (χ4v) is 3.31. The van der Waals surface area contributed by atoms with Gasteiger partial charge in [-0.3, -0.25) is 9.48 Å². The fraction of sp³-hybridized carbons (Fsp3) is 0.200. The first-order valence-electron chi connectivity index (χ1n) is 8.47. The first-order chi connectivity index (χ1) is 13.1. The number of hydrogen-bond acceptors (Lipinski definition) is 4. The molecule has 0 bridgehead atoms. The zero-order valence-corrected chi connectivity index (χ0v) is 15.7. The Morgan fingerprint density at radius 1 is 1.37 bits per heavy atom. The molecule has 2 heterocycles. The van der Waals surface area contributed by atoms with E-state index in [0.717, 1.165) is 28.1 Å². The zero-order chi connectivity index (χ0) is 19.0. The second-order valence-corrected chi connectivity index (χ2v) is 6.72. The van der Waals surface area contributed by atoms with Crippen LogP contribution in [0.25, 0.3) is 11.3 Å². The van der Waals surface area contributed by atoms with Crippen molar-refractivity contribution in [3.05, 3.63) is 58.7 Å². The number of hydrogen-bond donors (Lipinski definition) is 1. The molecule has 1 N–H and O–H groups in total. The van der Waals surface area contributed by atoms with E-state index in [1.54, 1.807) is 23.0 Å². The van der Waals surface area contributed by atoms with Gasteiger partial charge in [-0.2, -0.15) is 5.10 Å². The van der Waals surface area contributed by atoms with E-state index in [0.29, 0.717) is 23.1 Å². The number of nitrogens with zero attached hydrogens (tertiary/aromatic N) is 2. The first kappa shape index (κ1) is 17.4. The van der Waals surface area contributed by atoms with E-state index in [2.05, 4.69) is 10.4 Å². The highest BCUT2D eigenvalue weighted by atomic mass is 35.5. The lowest BCUT2D eigenvalue weighted by molar-refractivity contribution is -0.116. The monoisotopic (exact) mass is 383 g/mol. The smallest absolute Gasteiger partial charge is 0.246 e. The number of aryl methyl sites for hydroxylation is 1. The molecule has 3 aromatic rings. The van der Waals surface area contributed by atoms with Crippen molar-refractivity contribution in [3.8, 4) is 22.8 Å². The Kier molecular flexibility index (Phi) is 4.49. The molecule has 6 nitrogen and oxygen atoms in total. The van der Waals surface area contributed by atoms with Crippen LogP contribution in [0.5, 0.6) is 11.5 Å². The number of benzene rings is 2. The van der Waals surface area contributed by atoms with Gasteiger partial charge >= 0.3 is 0 Å². The number of aromatic nitrogens is 2. The molecule has 0 saturated carbocycles. The van der Waals surface area contributed by atoms with Crippen molar-refractivity contribution in [2.45, 2.75) is 20.1 Å². The van der Waals surface area contributed by atoms with E-state index in [9.17, 15) is 4.79 Å². The Morgan fingerprint density at radius 3 is 3.00 bits per heavy atom. The number of carbonyl (C=O) groups excluding carboxylic acids is 1. The highest BCUT2D eigenvalue weighted by molar-refractivity contribution is 6.31. The van der Waals surface area contributed by atoms with Crippen molar-refractivity contribution in [1.82, 2.24) is 9.78 Å². The quantitative estimate of drug-likeness (QED) is 0.738. The number of rotatable bonds is 4. The van der Waals surface area contributed by atoms with E-state index in [-0.39, 0.29) is 12.5 Å². The van der Waals surface area contributed by atoms with Crippen LogP contribution in [0.3, 0.4) is 0 Å². The number of carbonyl (C=O) groups is 1. The maximum Gasteiger partial charge on any atom is 0.246 e. The molecule has 4 rings (SSSR count). The molecular formula is C20H18ClN3O3. The van der Waals surface area contributed by atoms with Crippen molar-refractivity contribution in [3.63, 3.8) is 0 Å². The molecule has 138 valence electrons. The molecule has 0 spiro atoms.